The van der Waals surface area contributed by atoms with Gasteiger partial charge in [-0.2, -0.15) is 0 Å². The molecule has 1 aromatic rings. The lowest BCUT2D eigenvalue weighted by Gasteiger charge is -2.17. The summed E-state index contributed by atoms with van der Waals surface area (Å²) in [5.41, 5.74) is 6.52. The van der Waals surface area contributed by atoms with Gasteiger partial charge in [-0.05, 0) is 38.4 Å². The van der Waals surface area contributed by atoms with Gasteiger partial charge in [-0.1, -0.05) is 0 Å². The Morgan fingerprint density at radius 1 is 1.45 bits per heavy atom. The number of nitrogens with one attached hydrogen (secondary N) is 1. The molecule has 1 aliphatic heterocycles. The van der Waals surface area contributed by atoms with Gasteiger partial charge in [-0.3, -0.25) is 4.79 Å². The highest BCUT2D eigenvalue weighted by molar-refractivity contribution is 5.80. The van der Waals surface area contributed by atoms with Crippen molar-refractivity contribution in [1.29, 1.82) is 0 Å². The van der Waals surface area contributed by atoms with Crippen molar-refractivity contribution in [3.05, 3.63) is 17.7 Å². The summed E-state index contributed by atoms with van der Waals surface area (Å²) in [5, 5.41) is 2.72. The highest BCUT2D eigenvalue weighted by Crippen LogP contribution is 2.38. The van der Waals surface area contributed by atoms with Crippen molar-refractivity contribution in [3.63, 3.8) is 0 Å². The van der Waals surface area contributed by atoms with E-state index in [0.29, 0.717) is 36.8 Å². The third-order valence-electron chi connectivity index (χ3n) is 2.99. The van der Waals surface area contributed by atoms with Crippen molar-refractivity contribution >= 4 is 5.91 Å². The van der Waals surface area contributed by atoms with Crippen LogP contribution >= 0.6 is 0 Å². The van der Waals surface area contributed by atoms with E-state index >= 15 is 0 Å². The summed E-state index contributed by atoms with van der Waals surface area (Å²) < 4.78 is 16.4. The fourth-order valence-electron chi connectivity index (χ4n) is 1.99. The molecule has 6 nitrogen and oxygen atoms in total. The van der Waals surface area contributed by atoms with Crippen LogP contribution in [0, 0.1) is 0 Å². The van der Waals surface area contributed by atoms with E-state index in [1.807, 2.05) is 13.0 Å². The Morgan fingerprint density at radius 2 is 2.15 bits per heavy atom. The van der Waals surface area contributed by atoms with Gasteiger partial charge in [0, 0.05) is 12.6 Å². The third-order valence-corrected chi connectivity index (χ3v) is 2.99. The number of carbonyl (C=O) groups excluding carboxylic acids is 1. The molecule has 6 heteroatoms. The summed E-state index contributed by atoms with van der Waals surface area (Å²) in [6.07, 6.45) is 0.0699. The predicted octanol–water partition coefficient (Wildman–Crippen LogP) is 0.820. The van der Waals surface area contributed by atoms with Crippen molar-refractivity contribution in [2.24, 2.45) is 5.73 Å². The standard InChI is InChI=1S/C14H20N2O4/c1-3-16-14(17)9(2)20-11-7-13-12(18-8-19-13)6-10(11)4-5-15/h6-7,9H,3-5,8,15H2,1-2H3,(H,16,17). The second kappa shape index (κ2) is 6.47. The van der Waals surface area contributed by atoms with Gasteiger partial charge in [0.15, 0.2) is 17.6 Å². The van der Waals surface area contributed by atoms with Crippen LogP contribution in [0.5, 0.6) is 17.2 Å². The molecule has 0 radical (unpaired) electrons. The Morgan fingerprint density at radius 3 is 2.80 bits per heavy atom. The van der Waals surface area contributed by atoms with Crippen molar-refractivity contribution < 1.29 is 19.0 Å². The molecule has 1 amide bonds. The summed E-state index contributed by atoms with van der Waals surface area (Å²) in [6.45, 7) is 4.84. The summed E-state index contributed by atoms with van der Waals surface area (Å²) in [6, 6.07) is 3.61. The first kappa shape index (κ1) is 14.5. The number of rotatable bonds is 6. The topological polar surface area (TPSA) is 82.8 Å². The lowest BCUT2D eigenvalue weighted by atomic mass is 10.1. The Kier molecular flexibility index (Phi) is 4.68. The van der Waals surface area contributed by atoms with Crippen LogP contribution in [0.2, 0.25) is 0 Å². The minimum atomic E-state index is -0.577. The zero-order valence-corrected chi connectivity index (χ0v) is 11.8. The first-order valence-electron chi connectivity index (χ1n) is 6.72. The van der Waals surface area contributed by atoms with Gasteiger partial charge in [0.05, 0.1) is 0 Å². The van der Waals surface area contributed by atoms with Gasteiger partial charge in [0.2, 0.25) is 6.79 Å². The van der Waals surface area contributed by atoms with Gasteiger partial charge in [0.1, 0.15) is 5.75 Å². The second-order valence-corrected chi connectivity index (χ2v) is 4.51. The molecule has 0 fully saturated rings. The fraction of sp³-hybridized carbons (Fsp3) is 0.500. The average molecular weight is 280 g/mol. The number of likely N-dealkylation sites (N-methyl/N-ethyl adjacent to an activating group) is 1. The lowest BCUT2D eigenvalue weighted by Crippen LogP contribution is -2.36. The van der Waals surface area contributed by atoms with Gasteiger partial charge in [0.25, 0.3) is 5.91 Å². The Balaban J connectivity index is 2.19. The maximum Gasteiger partial charge on any atom is 0.260 e. The summed E-state index contributed by atoms with van der Waals surface area (Å²) >= 11 is 0. The molecular formula is C14H20N2O4. The third kappa shape index (κ3) is 3.14. The molecule has 1 aromatic carbocycles. The number of ether oxygens (including phenoxy) is 3. The van der Waals surface area contributed by atoms with E-state index in [1.54, 1.807) is 13.0 Å². The van der Waals surface area contributed by atoms with E-state index in [0.717, 1.165) is 5.56 Å². The maximum absolute atomic E-state index is 11.7. The van der Waals surface area contributed by atoms with Crippen molar-refractivity contribution in [2.45, 2.75) is 26.4 Å². The Hall–Kier alpha value is -1.95. The molecule has 2 rings (SSSR count). The SMILES string of the molecule is CCNC(=O)C(C)Oc1cc2c(cc1CCN)OCO2. The number of amides is 1. The number of fused-ring (bicyclic) bond motifs is 1. The molecule has 1 heterocycles. The van der Waals surface area contributed by atoms with Crippen molar-refractivity contribution in [3.8, 4) is 17.2 Å². The highest BCUT2D eigenvalue weighted by atomic mass is 16.7. The van der Waals surface area contributed by atoms with E-state index in [-0.39, 0.29) is 12.7 Å². The summed E-state index contributed by atoms with van der Waals surface area (Å²) in [7, 11) is 0. The molecule has 0 aliphatic carbocycles. The summed E-state index contributed by atoms with van der Waals surface area (Å²) in [5.74, 6) is 1.78. The Bertz CT molecular complexity index is 490. The fourth-order valence-corrected chi connectivity index (χ4v) is 1.99. The van der Waals surface area contributed by atoms with Gasteiger partial charge >= 0.3 is 0 Å². The Labute approximate surface area is 118 Å². The van der Waals surface area contributed by atoms with E-state index in [1.165, 1.54) is 0 Å². The number of nitrogens with two attached hydrogens (primary N) is 1. The van der Waals surface area contributed by atoms with Crippen LogP contribution in [0.15, 0.2) is 12.1 Å². The lowest BCUT2D eigenvalue weighted by molar-refractivity contribution is -0.127. The first-order chi connectivity index (χ1) is 9.65. The minimum absolute atomic E-state index is 0.149. The molecule has 20 heavy (non-hydrogen) atoms. The number of carbonyl (C=O) groups is 1. The van der Waals surface area contributed by atoms with Crippen LogP contribution in [0.4, 0.5) is 0 Å². The average Bonchev–Trinajstić information content (AvgIpc) is 2.86. The van der Waals surface area contributed by atoms with Crippen LogP contribution in [-0.4, -0.2) is 31.9 Å². The van der Waals surface area contributed by atoms with Gasteiger partial charge in [-0.15, -0.1) is 0 Å². The molecule has 110 valence electrons. The first-order valence-corrected chi connectivity index (χ1v) is 6.72. The molecule has 0 aromatic heterocycles. The molecule has 1 unspecified atom stereocenters. The quantitative estimate of drug-likeness (QED) is 0.806. The minimum Gasteiger partial charge on any atom is -0.480 e. The zero-order valence-electron chi connectivity index (χ0n) is 11.8. The normalized spacial score (nSPS) is 13.9. The monoisotopic (exact) mass is 280 g/mol. The second-order valence-electron chi connectivity index (χ2n) is 4.51. The highest BCUT2D eigenvalue weighted by Gasteiger charge is 2.21. The van der Waals surface area contributed by atoms with E-state index < -0.39 is 6.10 Å². The van der Waals surface area contributed by atoms with Gasteiger partial charge < -0.3 is 25.3 Å². The zero-order chi connectivity index (χ0) is 14.5. The number of hydrogen-bond acceptors (Lipinski definition) is 5. The van der Waals surface area contributed by atoms with E-state index in [2.05, 4.69) is 5.32 Å². The smallest absolute Gasteiger partial charge is 0.260 e. The van der Waals surface area contributed by atoms with Crippen LogP contribution < -0.4 is 25.3 Å². The molecular weight excluding hydrogens is 260 g/mol. The molecule has 0 saturated heterocycles. The van der Waals surface area contributed by atoms with Crippen molar-refractivity contribution in [2.75, 3.05) is 19.9 Å². The predicted molar refractivity (Wildman–Crippen MR) is 74.1 cm³/mol. The molecule has 1 atom stereocenters. The molecule has 1 aliphatic rings. The molecule has 0 spiro atoms. The van der Waals surface area contributed by atoms with Crippen LogP contribution in [0.25, 0.3) is 0 Å². The van der Waals surface area contributed by atoms with Gasteiger partial charge in [-0.25, -0.2) is 0 Å². The maximum atomic E-state index is 11.7. The largest absolute Gasteiger partial charge is 0.480 e. The van der Waals surface area contributed by atoms with Crippen LogP contribution in [0.1, 0.15) is 19.4 Å². The number of hydrogen-bond donors (Lipinski definition) is 2. The van der Waals surface area contributed by atoms with Crippen LogP contribution in [-0.2, 0) is 11.2 Å². The summed E-state index contributed by atoms with van der Waals surface area (Å²) in [4.78, 5) is 11.7. The van der Waals surface area contributed by atoms with Crippen LogP contribution in [0.3, 0.4) is 0 Å². The van der Waals surface area contributed by atoms with E-state index in [9.17, 15) is 4.79 Å². The van der Waals surface area contributed by atoms with E-state index in [4.69, 9.17) is 19.9 Å². The molecule has 0 bridgehead atoms. The number of benzene rings is 1. The van der Waals surface area contributed by atoms with Crippen molar-refractivity contribution in [1.82, 2.24) is 5.32 Å². The molecule has 3 N–H and O–H groups in total. The molecule has 0 saturated carbocycles.